The largest absolute Gasteiger partial charge is 0.378 e. The number of aromatic amines is 1. The lowest BCUT2D eigenvalue weighted by molar-refractivity contribution is 0.122. The lowest BCUT2D eigenvalue weighted by Gasteiger charge is -2.29. The highest BCUT2D eigenvalue weighted by molar-refractivity contribution is 5.86. The van der Waals surface area contributed by atoms with Gasteiger partial charge in [-0.3, -0.25) is 0 Å². The zero-order valence-electron chi connectivity index (χ0n) is 16.6. The van der Waals surface area contributed by atoms with Crippen molar-refractivity contribution in [2.75, 3.05) is 42.6 Å². The van der Waals surface area contributed by atoms with Gasteiger partial charge >= 0.3 is 0 Å². The molecule has 4 heterocycles. The molecule has 0 amide bonds. The molecule has 152 valence electrons. The third kappa shape index (κ3) is 2.97. The fraction of sp³-hybridized carbons (Fsp3) is 0.304. The first kappa shape index (κ1) is 17.7. The van der Waals surface area contributed by atoms with Crippen LogP contribution in [-0.2, 0) is 17.7 Å². The van der Waals surface area contributed by atoms with E-state index in [-0.39, 0.29) is 5.82 Å². The normalized spacial score (nSPS) is 17.0. The highest BCUT2D eigenvalue weighted by atomic mass is 19.1. The molecule has 2 aromatic heterocycles. The Morgan fingerprint density at radius 1 is 1.00 bits per heavy atom. The minimum absolute atomic E-state index is 0.205. The van der Waals surface area contributed by atoms with Crippen molar-refractivity contribution in [1.29, 1.82) is 0 Å². The number of rotatable bonds is 2. The molecule has 30 heavy (non-hydrogen) atoms. The van der Waals surface area contributed by atoms with Crippen molar-refractivity contribution in [3.05, 3.63) is 59.7 Å². The molecule has 0 spiro atoms. The van der Waals surface area contributed by atoms with E-state index in [1.54, 1.807) is 6.07 Å². The first-order valence-corrected chi connectivity index (χ1v) is 10.4. The van der Waals surface area contributed by atoms with E-state index in [1.165, 1.54) is 17.3 Å². The van der Waals surface area contributed by atoms with Gasteiger partial charge < -0.3 is 19.5 Å². The van der Waals surface area contributed by atoms with Crippen LogP contribution < -0.4 is 9.80 Å². The van der Waals surface area contributed by atoms with E-state index in [9.17, 15) is 4.39 Å². The number of hydrogen-bond acceptors (Lipinski definition) is 5. The summed E-state index contributed by atoms with van der Waals surface area (Å²) < 4.78 is 19.0. The van der Waals surface area contributed by atoms with E-state index in [4.69, 9.17) is 9.72 Å². The molecule has 0 radical (unpaired) electrons. The smallest absolute Gasteiger partial charge is 0.226 e. The van der Waals surface area contributed by atoms with Gasteiger partial charge in [-0.1, -0.05) is 0 Å². The fourth-order valence-electron chi connectivity index (χ4n) is 4.54. The summed E-state index contributed by atoms with van der Waals surface area (Å²) in [6.45, 7) is 4.82. The van der Waals surface area contributed by atoms with Gasteiger partial charge in [0.05, 0.1) is 18.7 Å². The van der Waals surface area contributed by atoms with Crippen molar-refractivity contribution in [2.45, 2.75) is 13.0 Å². The van der Waals surface area contributed by atoms with Crippen LogP contribution in [0.3, 0.4) is 0 Å². The monoisotopic (exact) mass is 403 g/mol. The minimum Gasteiger partial charge on any atom is -0.378 e. The molecule has 7 heteroatoms. The summed E-state index contributed by atoms with van der Waals surface area (Å²) in [6.07, 6.45) is 2.83. The summed E-state index contributed by atoms with van der Waals surface area (Å²) in [6, 6.07) is 11.4. The van der Waals surface area contributed by atoms with Gasteiger partial charge in [-0.15, -0.1) is 0 Å². The number of benzene rings is 2. The number of anilines is 2. The first-order valence-electron chi connectivity index (χ1n) is 10.4. The maximum absolute atomic E-state index is 13.6. The van der Waals surface area contributed by atoms with Crippen LogP contribution in [0.4, 0.5) is 16.0 Å². The van der Waals surface area contributed by atoms with Crippen LogP contribution >= 0.6 is 0 Å². The van der Waals surface area contributed by atoms with Crippen LogP contribution in [0.2, 0.25) is 0 Å². The Morgan fingerprint density at radius 2 is 1.90 bits per heavy atom. The highest BCUT2D eigenvalue weighted by Crippen LogP contribution is 2.32. The van der Waals surface area contributed by atoms with Crippen molar-refractivity contribution in [2.24, 2.45) is 0 Å². The van der Waals surface area contributed by atoms with Gasteiger partial charge in [-0.25, -0.2) is 14.4 Å². The maximum atomic E-state index is 13.6. The van der Waals surface area contributed by atoms with Crippen molar-refractivity contribution < 1.29 is 9.13 Å². The Kier molecular flexibility index (Phi) is 4.09. The number of nitrogens with one attached hydrogen (secondary N) is 1. The second-order valence-corrected chi connectivity index (χ2v) is 7.96. The van der Waals surface area contributed by atoms with Crippen LogP contribution in [-0.4, -0.2) is 47.8 Å². The number of halogens is 1. The fourth-order valence-corrected chi connectivity index (χ4v) is 4.54. The van der Waals surface area contributed by atoms with Crippen LogP contribution in [0, 0.1) is 5.82 Å². The Balaban J connectivity index is 1.30. The zero-order valence-corrected chi connectivity index (χ0v) is 16.6. The number of hydrogen-bond donors (Lipinski definition) is 1. The summed E-state index contributed by atoms with van der Waals surface area (Å²) in [5.41, 5.74) is 5.47. The number of H-pyrrole nitrogens is 1. The molecule has 6 nitrogen and oxygen atoms in total. The van der Waals surface area contributed by atoms with Crippen LogP contribution in [0.1, 0.15) is 11.3 Å². The number of fused-ring (bicyclic) bond motifs is 4. The molecular formula is C23H22FN5O. The average molecular weight is 403 g/mol. The Morgan fingerprint density at radius 3 is 2.80 bits per heavy atom. The van der Waals surface area contributed by atoms with E-state index in [1.807, 2.05) is 12.3 Å². The second kappa shape index (κ2) is 6.95. The lowest BCUT2D eigenvalue weighted by Crippen LogP contribution is -2.37. The van der Waals surface area contributed by atoms with E-state index in [0.717, 1.165) is 79.3 Å². The molecular weight excluding hydrogens is 381 g/mol. The number of nitrogens with zero attached hydrogens (tertiary/aromatic N) is 4. The molecule has 2 aliphatic rings. The highest BCUT2D eigenvalue weighted by Gasteiger charge is 2.22. The molecule has 0 aliphatic carbocycles. The number of aromatic nitrogens is 3. The Labute approximate surface area is 173 Å². The van der Waals surface area contributed by atoms with Gasteiger partial charge in [0, 0.05) is 72.0 Å². The van der Waals surface area contributed by atoms with Gasteiger partial charge in [0.25, 0.3) is 0 Å². The van der Waals surface area contributed by atoms with Crippen molar-refractivity contribution in [3.63, 3.8) is 0 Å². The third-order valence-corrected chi connectivity index (χ3v) is 6.15. The predicted octanol–water partition coefficient (Wildman–Crippen LogP) is 3.65. The molecule has 0 bridgehead atoms. The predicted molar refractivity (Wildman–Crippen MR) is 116 cm³/mol. The Hall–Kier alpha value is -3.19. The molecule has 1 N–H and O–H groups in total. The van der Waals surface area contributed by atoms with Gasteiger partial charge in [0.1, 0.15) is 5.82 Å². The minimum atomic E-state index is -0.205. The summed E-state index contributed by atoms with van der Waals surface area (Å²) in [5.74, 6) is 0.566. The van der Waals surface area contributed by atoms with Gasteiger partial charge in [0.2, 0.25) is 5.95 Å². The zero-order chi connectivity index (χ0) is 20.1. The summed E-state index contributed by atoms with van der Waals surface area (Å²) in [5, 5.41) is 2.15. The van der Waals surface area contributed by atoms with Gasteiger partial charge in [0.15, 0.2) is 0 Å². The summed E-state index contributed by atoms with van der Waals surface area (Å²) >= 11 is 0. The number of morpholine rings is 1. The first-order chi connectivity index (χ1) is 14.7. The second-order valence-electron chi connectivity index (χ2n) is 7.96. The average Bonchev–Trinajstić information content (AvgIpc) is 3.15. The molecule has 0 saturated carbocycles. The van der Waals surface area contributed by atoms with Crippen molar-refractivity contribution >= 4 is 33.4 Å². The van der Waals surface area contributed by atoms with E-state index < -0.39 is 0 Å². The summed E-state index contributed by atoms with van der Waals surface area (Å²) in [7, 11) is 0. The molecule has 1 fully saturated rings. The van der Waals surface area contributed by atoms with E-state index >= 15 is 0 Å². The molecule has 4 aromatic rings. The third-order valence-electron chi connectivity index (χ3n) is 6.15. The Bertz CT molecular complexity index is 1250. The molecule has 2 aromatic carbocycles. The van der Waals surface area contributed by atoms with Crippen LogP contribution in [0.15, 0.2) is 42.6 Å². The van der Waals surface area contributed by atoms with Crippen molar-refractivity contribution in [3.8, 4) is 0 Å². The molecule has 1 saturated heterocycles. The topological polar surface area (TPSA) is 57.3 Å². The van der Waals surface area contributed by atoms with Crippen LogP contribution in [0.5, 0.6) is 0 Å². The van der Waals surface area contributed by atoms with Gasteiger partial charge in [-0.05, 0) is 36.4 Å². The molecule has 6 rings (SSSR count). The molecule has 0 atom stereocenters. The molecule has 0 unspecified atom stereocenters. The lowest BCUT2D eigenvalue weighted by atomic mass is 10.0. The van der Waals surface area contributed by atoms with Crippen molar-refractivity contribution in [1.82, 2.24) is 15.0 Å². The summed E-state index contributed by atoms with van der Waals surface area (Å²) in [4.78, 5) is 17.3. The van der Waals surface area contributed by atoms with E-state index in [2.05, 4.69) is 38.0 Å². The molecule has 2 aliphatic heterocycles. The van der Waals surface area contributed by atoms with E-state index in [0.29, 0.717) is 0 Å². The maximum Gasteiger partial charge on any atom is 0.226 e. The number of ether oxygens (including phenoxy) is 1. The van der Waals surface area contributed by atoms with Gasteiger partial charge in [-0.2, -0.15) is 0 Å². The quantitative estimate of drug-likeness (QED) is 0.554. The standard InChI is InChI=1S/C23H22FN5O/c24-16-1-3-18-19-14-29(6-5-21(19)26-22(18)12-16)17-2-4-20-15(11-17)13-25-23(27-20)28-7-9-30-10-8-28/h1-4,11-13,26H,5-10,14H2. The SMILES string of the molecule is Fc1ccc2c3c([nH]c2c1)CCN(c1ccc2nc(N4CCOCC4)ncc2c1)C3. The van der Waals surface area contributed by atoms with Crippen LogP contribution in [0.25, 0.3) is 21.8 Å².